The number of carbonyl (C=O) groups excluding carboxylic acids is 3. The quantitative estimate of drug-likeness (QED) is 0.134. The van der Waals surface area contributed by atoms with Crippen LogP contribution in [0.2, 0.25) is 0 Å². The van der Waals surface area contributed by atoms with E-state index in [9.17, 15) is 14.4 Å². The van der Waals surface area contributed by atoms with Gasteiger partial charge in [-0.3, -0.25) is 4.90 Å². The molecular formula is C38H34N4O7. The fourth-order valence-electron chi connectivity index (χ4n) is 6.32. The van der Waals surface area contributed by atoms with Crippen molar-refractivity contribution >= 4 is 40.8 Å². The first kappa shape index (κ1) is 32.6. The number of hydrazone groups is 1. The van der Waals surface area contributed by atoms with Crippen molar-refractivity contribution in [2.75, 3.05) is 43.2 Å². The number of esters is 3. The van der Waals surface area contributed by atoms with Crippen LogP contribution < -0.4 is 19.5 Å². The van der Waals surface area contributed by atoms with Crippen LogP contribution in [0.15, 0.2) is 143 Å². The molecule has 0 aliphatic carbocycles. The molecule has 1 atom stereocenters. The lowest BCUT2D eigenvalue weighted by atomic mass is 9.90. The maximum atomic E-state index is 14.5. The minimum Gasteiger partial charge on any atom is -0.497 e. The van der Waals surface area contributed by atoms with Gasteiger partial charge in [0.25, 0.3) is 0 Å². The standard InChI is InChI=1S/C38H34N4O7/c1-25(35(43)47-3)33-38(31(36(44)48-4)32(37(45)49-5)40(33)27-21-23-30(46-2)24-22-27)41(28-17-11-7-12-18-28)34(26-15-9-6-10-16-26)39-42(38)29-19-13-8-14-20-29/h6-24H,1-5H3. The summed E-state index contributed by atoms with van der Waals surface area (Å²) in [5.74, 6) is -1.42. The highest BCUT2D eigenvalue weighted by Gasteiger charge is 2.67. The van der Waals surface area contributed by atoms with Gasteiger partial charge in [0.05, 0.1) is 45.4 Å². The lowest BCUT2D eigenvalue weighted by Crippen LogP contribution is -2.61. The van der Waals surface area contributed by atoms with Crippen molar-refractivity contribution in [1.82, 2.24) is 0 Å². The van der Waals surface area contributed by atoms with Crippen LogP contribution in [0.1, 0.15) is 12.5 Å². The highest BCUT2D eigenvalue weighted by atomic mass is 16.5. The molecule has 0 aromatic heterocycles. The molecule has 248 valence electrons. The number of hydrogen-bond acceptors (Lipinski definition) is 11. The van der Waals surface area contributed by atoms with Gasteiger partial charge in [0.1, 0.15) is 17.0 Å². The highest BCUT2D eigenvalue weighted by Crippen LogP contribution is 2.56. The smallest absolute Gasteiger partial charge is 0.355 e. The van der Waals surface area contributed by atoms with E-state index < -0.39 is 23.6 Å². The largest absolute Gasteiger partial charge is 0.497 e. The second-order valence-corrected chi connectivity index (χ2v) is 11.0. The lowest BCUT2D eigenvalue weighted by molar-refractivity contribution is -0.139. The first-order valence-electron chi connectivity index (χ1n) is 15.3. The number of benzene rings is 4. The van der Waals surface area contributed by atoms with Crippen LogP contribution in [0.25, 0.3) is 0 Å². The Hall–Kier alpha value is -6.36. The number of ether oxygens (including phenoxy) is 4. The normalized spacial score (nSPS) is 18.0. The Labute approximate surface area is 283 Å². The molecule has 0 saturated carbocycles. The van der Waals surface area contributed by atoms with Gasteiger partial charge in [0.2, 0.25) is 5.66 Å². The molecule has 11 heteroatoms. The van der Waals surface area contributed by atoms with Crippen molar-refractivity contribution in [2.24, 2.45) is 5.10 Å². The van der Waals surface area contributed by atoms with Gasteiger partial charge in [0, 0.05) is 16.9 Å². The number of nitrogens with zero attached hydrogens (tertiary/aromatic N) is 4. The van der Waals surface area contributed by atoms with Crippen molar-refractivity contribution in [3.8, 4) is 5.75 Å². The van der Waals surface area contributed by atoms with Crippen molar-refractivity contribution in [3.63, 3.8) is 0 Å². The minimum atomic E-state index is -1.87. The maximum Gasteiger partial charge on any atom is 0.355 e. The van der Waals surface area contributed by atoms with Crippen molar-refractivity contribution in [2.45, 2.75) is 12.6 Å². The van der Waals surface area contributed by atoms with Crippen LogP contribution in [-0.4, -0.2) is 57.8 Å². The third-order valence-electron chi connectivity index (χ3n) is 8.39. The molecular weight excluding hydrogens is 624 g/mol. The first-order valence-corrected chi connectivity index (χ1v) is 15.3. The second kappa shape index (κ2) is 13.4. The molecule has 6 rings (SSSR count). The van der Waals surface area contributed by atoms with Gasteiger partial charge >= 0.3 is 17.9 Å². The Balaban J connectivity index is 1.87. The molecule has 2 heterocycles. The Kier molecular flexibility index (Phi) is 8.91. The van der Waals surface area contributed by atoms with Crippen LogP contribution in [-0.2, 0) is 28.6 Å². The summed E-state index contributed by atoms with van der Waals surface area (Å²) in [5, 5.41) is 6.87. The van der Waals surface area contributed by atoms with Crippen LogP contribution >= 0.6 is 0 Å². The number of carbonyl (C=O) groups is 3. The number of hydrogen-bond donors (Lipinski definition) is 0. The Morgan fingerprint density at radius 1 is 0.633 bits per heavy atom. The van der Waals surface area contributed by atoms with Crippen LogP contribution in [0.3, 0.4) is 0 Å². The molecule has 0 amide bonds. The molecule has 1 unspecified atom stereocenters. The summed E-state index contributed by atoms with van der Waals surface area (Å²) in [5.41, 5.74) is 0.355. The van der Waals surface area contributed by atoms with Gasteiger partial charge in [0.15, 0.2) is 5.84 Å². The molecule has 0 saturated heterocycles. The van der Waals surface area contributed by atoms with Crippen LogP contribution in [0, 0.1) is 0 Å². The molecule has 0 N–H and O–H groups in total. The summed E-state index contributed by atoms with van der Waals surface area (Å²) in [4.78, 5) is 45.9. The molecule has 11 nitrogen and oxygen atoms in total. The molecule has 49 heavy (non-hydrogen) atoms. The summed E-state index contributed by atoms with van der Waals surface area (Å²) < 4.78 is 21.6. The van der Waals surface area contributed by atoms with Gasteiger partial charge in [-0.15, -0.1) is 0 Å². The van der Waals surface area contributed by atoms with E-state index in [1.54, 1.807) is 41.1 Å². The number of methoxy groups -OCH3 is 4. The molecule has 2 aliphatic rings. The number of rotatable bonds is 8. The number of amidine groups is 1. The zero-order chi connectivity index (χ0) is 34.7. The second-order valence-electron chi connectivity index (χ2n) is 11.0. The molecule has 4 aromatic rings. The monoisotopic (exact) mass is 658 g/mol. The Morgan fingerprint density at radius 3 is 1.71 bits per heavy atom. The summed E-state index contributed by atoms with van der Waals surface area (Å²) in [6.07, 6.45) is 0. The number of anilines is 3. The van der Waals surface area contributed by atoms with E-state index in [1.807, 2.05) is 95.9 Å². The predicted octanol–water partition coefficient (Wildman–Crippen LogP) is 5.65. The SMILES string of the molecule is COC(=O)C(C)=C1N(c2ccc(OC)cc2)C(C(=O)OC)=C(C(=O)OC)C12N(c1ccccc1)N=C(c1ccccc1)N2c1ccccc1. The van der Waals surface area contributed by atoms with E-state index in [4.69, 9.17) is 24.0 Å². The maximum absolute atomic E-state index is 14.5. The summed E-state index contributed by atoms with van der Waals surface area (Å²) >= 11 is 0. The molecule has 2 aliphatic heterocycles. The summed E-state index contributed by atoms with van der Waals surface area (Å²) in [7, 11) is 5.27. The average molecular weight is 659 g/mol. The van der Waals surface area contributed by atoms with Gasteiger partial charge in [-0.05, 0) is 55.5 Å². The first-order chi connectivity index (χ1) is 23.8. The van der Waals surface area contributed by atoms with Crippen LogP contribution in [0.4, 0.5) is 17.1 Å². The number of para-hydroxylation sites is 2. The zero-order valence-electron chi connectivity index (χ0n) is 27.6. The predicted molar refractivity (Wildman–Crippen MR) is 185 cm³/mol. The Bertz CT molecular complexity index is 1980. The van der Waals surface area contributed by atoms with Crippen molar-refractivity contribution < 1.29 is 33.3 Å². The van der Waals surface area contributed by atoms with Crippen molar-refractivity contribution in [3.05, 3.63) is 143 Å². The molecule has 1 spiro atoms. The third kappa shape index (κ3) is 5.25. The van der Waals surface area contributed by atoms with Crippen molar-refractivity contribution in [1.29, 1.82) is 0 Å². The molecule has 0 bridgehead atoms. The van der Waals surface area contributed by atoms with Gasteiger partial charge in [-0.1, -0.05) is 66.7 Å². The van der Waals surface area contributed by atoms with E-state index in [-0.39, 0.29) is 22.5 Å². The Morgan fingerprint density at radius 2 is 1.18 bits per heavy atom. The summed E-state index contributed by atoms with van der Waals surface area (Å²) in [6, 6.07) is 34.8. The fraction of sp³-hybridized carbons (Fsp3) is 0.158. The van der Waals surface area contributed by atoms with E-state index in [2.05, 4.69) is 0 Å². The van der Waals surface area contributed by atoms with Gasteiger partial charge in [-0.25, -0.2) is 19.4 Å². The van der Waals surface area contributed by atoms with Gasteiger partial charge in [-0.2, -0.15) is 5.10 Å². The highest BCUT2D eigenvalue weighted by molar-refractivity contribution is 6.20. The van der Waals surface area contributed by atoms with E-state index in [1.165, 1.54) is 28.4 Å². The fourth-order valence-corrected chi connectivity index (χ4v) is 6.32. The molecule has 0 radical (unpaired) electrons. The van der Waals surface area contributed by atoms with E-state index >= 15 is 0 Å². The van der Waals surface area contributed by atoms with Gasteiger partial charge < -0.3 is 23.8 Å². The van der Waals surface area contributed by atoms with E-state index in [0.717, 1.165) is 0 Å². The molecule has 4 aromatic carbocycles. The lowest BCUT2D eigenvalue weighted by Gasteiger charge is -2.44. The third-order valence-corrected chi connectivity index (χ3v) is 8.39. The van der Waals surface area contributed by atoms with E-state index in [0.29, 0.717) is 34.2 Å². The molecule has 0 fully saturated rings. The average Bonchev–Trinajstić information content (AvgIpc) is 3.68. The topological polar surface area (TPSA) is 110 Å². The zero-order valence-corrected chi connectivity index (χ0v) is 27.6. The van der Waals surface area contributed by atoms with Crippen LogP contribution in [0.5, 0.6) is 5.75 Å². The summed E-state index contributed by atoms with van der Waals surface area (Å²) in [6.45, 7) is 1.58. The minimum absolute atomic E-state index is 0.0880.